The van der Waals surface area contributed by atoms with E-state index in [2.05, 4.69) is 31.6 Å². The van der Waals surface area contributed by atoms with Gasteiger partial charge in [-0.05, 0) is 25.5 Å². The summed E-state index contributed by atoms with van der Waals surface area (Å²) < 4.78 is 0. The third-order valence-electron chi connectivity index (χ3n) is 2.56. The Morgan fingerprint density at radius 2 is 2.39 bits per heavy atom. The first-order valence-electron chi connectivity index (χ1n) is 6.04. The van der Waals surface area contributed by atoms with Crippen LogP contribution in [0.3, 0.4) is 0 Å². The number of hydrogen-bond acceptors (Lipinski definition) is 2. The van der Waals surface area contributed by atoms with Crippen molar-refractivity contribution in [3.8, 4) is 12.3 Å². The third kappa shape index (κ3) is 4.77. The molecular formula is C15H19NOS. The second kappa shape index (κ2) is 7.73. The normalized spacial score (nSPS) is 9.78. The molecule has 0 aliphatic rings. The molecule has 18 heavy (non-hydrogen) atoms. The van der Waals surface area contributed by atoms with Crippen molar-refractivity contribution in [3.05, 3.63) is 34.5 Å². The summed E-state index contributed by atoms with van der Waals surface area (Å²) in [5.74, 6) is 2.71. The maximum atomic E-state index is 12.0. The molecule has 0 spiro atoms. The van der Waals surface area contributed by atoms with Crippen LogP contribution < -0.4 is 0 Å². The highest BCUT2D eigenvalue weighted by atomic mass is 32.1. The Morgan fingerprint density at radius 3 is 2.94 bits per heavy atom. The van der Waals surface area contributed by atoms with E-state index in [0.717, 1.165) is 6.42 Å². The summed E-state index contributed by atoms with van der Waals surface area (Å²) >= 11 is 1.73. The second-order valence-electron chi connectivity index (χ2n) is 4.13. The van der Waals surface area contributed by atoms with Gasteiger partial charge in [-0.25, -0.2) is 0 Å². The first-order chi connectivity index (χ1) is 8.67. The van der Waals surface area contributed by atoms with Gasteiger partial charge in [0.1, 0.15) is 0 Å². The van der Waals surface area contributed by atoms with Crippen LogP contribution in [0.2, 0.25) is 0 Å². The molecule has 1 heterocycles. The Morgan fingerprint density at radius 1 is 1.61 bits per heavy atom. The number of carbonyl (C=O) groups is 1. The van der Waals surface area contributed by atoms with E-state index >= 15 is 0 Å². The molecule has 0 saturated carbocycles. The van der Waals surface area contributed by atoms with E-state index in [9.17, 15) is 4.79 Å². The lowest BCUT2D eigenvalue weighted by molar-refractivity contribution is -0.131. The fraction of sp³-hybridized carbons (Fsp3) is 0.400. The summed E-state index contributed by atoms with van der Waals surface area (Å²) in [5, 5.41) is 0. The molecule has 2 nitrogen and oxygen atoms in total. The van der Waals surface area contributed by atoms with E-state index in [0.29, 0.717) is 25.9 Å². The largest absolute Gasteiger partial charge is 0.334 e. The molecule has 96 valence electrons. The summed E-state index contributed by atoms with van der Waals surface area (Å²) in [6.07, 6.45) is 8.88. The Hall–Kier alpha value is -1.53. The molecule has 0 unspecified atom stereocenters. The summed E-state index contributed by atoms with van der Waals surface area (Å²) in [6.45, 7) is 7.03. The zero-order valence-electron chi connectivity index (χ0n) is 10.8. The van der Waals surface area contributed by atoms with Crippen molar-refractivity contribution in [2.45, 2.75) is 32.7 Å². The van der Waals surface area contributed by atoms with Crippen LogP contribution in [0, 0.1) is 19.3 Å². The average Bonchev–Trinajstić information content (AvgIpc) is 2.74. The van der Waals surface area contributed by atoms with Gasteiger partial charge in [0.25, 0.3) is 0 Å². The second-order valence-corrected chi connectivity index (χ2v) is 5.51. The van der Waals surface area contributed by atoms with Gasteiger partial charge in [-0.15, -0.1) is 30.3 Å². The van der Waals surface area contributed by atoms with Crippen LogP contribution in [-0.4, -0.2) is 17.4 Å². The van der Waals surface area contributed by atoms with Crippen molar-refractivity contribution in [2.24, 2.45) is 0 Å². The zero-order valence-corrected chi connectivity index (χ0v) is 11.6. The zero-order chi connectivity index (χ0) is 13.4. The highest BCUT2D eigenvalue weighted by Crippen LogP contribution is 2.17. The highest BCUT2D eigenvalue weighted by molar-refractivity contribution is 7.11. The number of nitrogens with zero attached hydrogens (tertiary/aromatic N) is 1. The molecule has 0 radical (unpaired) electrons. The van der Waals surface area contributed by atoms with Gasteiger partial charge in [0.15, 0.2) is 0 Å². The van der Waals surface area contributed by atoms with Crippen molar-refractivity contribution < 1.29 is 4.79 Å². The molecule has 0 N–H and O–H groups in total. The van der Waals surface area contributed by atoms with Crippen LogP contribution in [0.5, 0.6) is 0 Å². The lowest BCUT2D eigenvalue weighted by Crippen LogP contribution is -2.30. The van der Waals surface area contributed by atoms with Crippen molar-refractivity contribution in [1.82, 2.24) is 4.90 Å². The van der Waals surface area contributed by atoms with Crippen LogP contribution in [0.15, 0.2) is 24.8 Å². The fourth-order valence-electron chi connectivity index (χ4n) is 1.67. The molecule has 0 saturated heterocycles. The SMILES string of the molecule is C#CCCCC(=O)N(CC=C)Cc1ccc(C)s1. The number of hydrogen-bond donors (Lipinski definition) is 0. The van der Waals surface area contributed by atoms with Gasteiger partial charge in [-0.1, -0.05) is 6.08 Å². The summed E-state index contributed by atoms with van der Waals surface area (Å²) in [4.78, 5) is 16.3. The lowest BCUT2D eigenvalue weighted by Gasteiger charge is -2.20. The maximum Gasteiger partial charge on any atom is 0.223 e. The predicted octanol–water partition coefficient (Wildman–Crippen LogP) is 3.37. The van der Waals surface area contributed by atoms with Gasteiger partial charge < -0.3 is 4.90 Å². The number of terminal acetylenes is 1. The molecule has 0 aromatic carbocycles. The summed E-state index contributed by atoms with van der Waals surface area (Å²) in [6, 6.07) is 4.15. The Kier molecular flexibility index (Phi) is 6.24. The number of thiophene rings is 1. The van der Waals surface area contributed by atoms with Gasteiger partial charge in [0.05, 0.1) is 6.54 Å². The highest BCUT2D eigenvalue weighted by Gasteiger charge is 2.12. The molecule has 3 heteroatoms. The van der Waals surface area contributed by atoms with Crippen molar-refractivity contribution in [1.29, 1.82) is 0 Å². The van der Waals surface area contributed by atoms with Gasteiger partial charge >= 0.3 is 0 Å². The summed E-state index contributed by atoms with van der Waals surface area (Å²) in [7, 11) is 0. The van der Waals surface area contributed by atoms with E-state index in [1.54, 1.807) is 17.4 Å². The van der Waals surface area contributed by atoms with Crippen LogP contribution in [0.1, 0.15) is 29.0 Å². The van der Waals surface area contributed by atoms with Gasteiger partial charge in [-0.2, -0.15) is 0 Å². The monoisotopic (exact) mass is 261 g/mol. The van der Waals surface area contributed by atoms with E-state index in [1.165, 1.54) is 9.75 Å². The van der Waals surface area contributed by atoms with Crippen molar-refractivity contribution in [3.63, 3.8) is 0 Å². The number of carbonyl (C=O) groups excluding carboxylic acids is 1. The molecule has 0 atom stereocenters. The Bertz CT molecular complexity index is 442. The molecular weight excluding hydrogens is 242 g/mol. The van der Waals surface area contributed by atoms with Crippen molar-refractivity contribution >= 4 is 17.2 Å². The van der Waals surface area contributed by atoms with Crippen LogP contribution >= 0.6 is 11.3 Å². The van der Waals surface area contributed by atoms with Gasteiger partial charge in [0.2, 0.25) is 5.91 Å². The number of aryl methyl sites for hydroxylation is 1. The molecule has 0 fully saturated rings. The summed E-state index contributed by atoms with van der Waals surface area (Å²) in [5.41, 5.74) is 0. The first-order valence-corrected chi connectivity index (χ1v) is 6.86. The molecule has 1 rings (SSSR count). The molecule has 0 aliphatic heterocycles. The standard InChI is InChI=1S/C15H19NOS/c1-4-6-7-8-15(17)16(11-5-2)12-14-10-9-13(3)18-14/h1,5,9-10H,2,6-8,11-12H2,3H3. The maximum absolute atomic E-state index is 12.0. The number of amides is 1. The minimum Gasteiger partial charge on any atom is -0.334 e. The first kappa shape index (κ1) is 14.5. The minimum absolute atomic E-state index is 0.149. The Balaban J connectivity index is 2.56. The van der Waals surface area contributed by atoms with Crippen molar-refractivity contribution in [2.75, 3.05) is 6.54 Å². The van der Waals surface area contributed by atoms with Gasteiger partial charge in [-0.3, -0.25) is 4.79 Å². The molecule has 0 bridgehead atoms. The fourth-order valence-corrected chi connectivity index (χ4v) is 2.57. The number of rotatable bonds is 7. The average molecular weight is 261 g/mol. The van der Waals surface area contributed by atoms with E-state index in [-0.39, 0.29) is 5.91 Å². The molecule has 1 aromatic heterocycles. The number of unbranched alkanes of at least 4 members (excludes halogenated alkanes) is 1. The lowest BCUT2D eigenvalue weighted by atomic mass is 10.2. The molecule has 1 aromatic rings. The third-order valence-corrected chi connectivity index (χ3v) is 3.54. The molecule has 0 aliphatic carbocycles. The van der Waals surface area contributed by atoms with E-state index in [1.807, 2.05) is 4.90 Å². The minimum atomic E-state index is 0.149. The van der Waals surface area contributed by atoms with E-state index in [4.69, 9.17) is 6.42 Å². The Labute approximate surface area is 113 Å². The van der Waals surface area contributed by atoms with E-state index < -0.39 is 0 Å². The van der Waals surface area contributed by atoms with Crippen LogP contribution in [0.4, 0.5) is 0 Å². The van der Waals surface area contributed by atoms with Crippen LogP contribution in [0.25, 0.3) is 0 Å². The smallest absolute Gasteiger partial charge is 0.223 e. The van der Waals surface area contributed by atoms with Crippen LogP contribution in [-0.2, 0) is 11.3 Å². The predicted molar refractivity (Wildman–Crippen MR) is 77.4 cm³/mol. The van der Waals surface area contributed by atoms with Gasteiger partial charge in [0, 0.05) is 29.1 Å². The molecule has 1 amide bonds. The quantitative estimate of drug-likeness (QED) is 0.418. The topological polar surface area (TPSA) is 20.3 Å².